The Balaban J connectivity index is 1.90. The van der Waals surface area contributed by atoms with Gasteiger partial charge in [0.1, 0.15) is 5.84 Å². The minimum Gasteiger partial charge on any atom is -0.248 e. The van der Waals surface area contributed by atoms with E-state index in [0.29, 0.717) is 11.1 Å². The van der Waals surface area contributed by atoms with Crippen LogP contribution in [0.5, 0.6) is 0 Å². The van der Waals surface area contributed by atoms with Crippen LogP contribution >= 0.6 is 15.9 Å². The fourth-order valence-electron chi connectivity index (χ4n) is 3.75. The average molecular weight is 612 g/mol. The van der Waals surface area contributed by atoms with Gasteiger partial charge in [0.2, 0.25) is 0 Å². The molecule has 0 N–H and O–H groups in total. The quantitative estimate of drug-likeness (QED) is 0.173. The van der Waals surface area contributed by atoms with Gasteiger partial charge in [0, 0.05) is 10.9 Å². The number of nitrogens with zero attached hydrogens (tertiary/aromatic N) is 2. The van der Waals surface area contributed by atoms with Crippen molar-refractivity contribution in [3.63, 3.8) is 0 Å². The predicted octanol–water partition coefficient (Wildman–Crippen LogP) is 6.29. The summed E-state index contributed by atoms with van der Waals surface area (Å²) in [4.78, 5) is 0.0408. The molecule has 4 rings (SSSR count). The highest BCUT2D eigenvalue weighted by atomic mass is 79.9. The Morgan fingerprint density at radius 1 is 0.684 bits per heavy atom. The van der Waals surface area contributed by atoms with Crippen LogP contribution in [0.15, 0.2) is 122 Å². The van der Waals surface area contributed by atoms with Crippen molar-refractivity contribution in [3.8, 4) is 0 Å². The Hall–Kier alpha value is -3.27. The van der Waals surface area contributed by atoms with E-state index >= 15 is 0 Å². The Morgan fingerprint density at radius 3 is 1.76 bits per heavy atom. The summed E-state index contributed by atoms with van der Waals surface area (Å²) >= 11 is 3.41. The van der Waals surface area contributed by atoms with E-state index in [2.05, 4.69) is 20.3 Å². The van der Waals surface area contributed by atoms with Crippen LogP contribution in [0.4, 0.5) is 0 Å². The minimum atomic E-state index is -4.22. The van der Waals surface area contributed by atoms with Crippen LogP contribution in [0.2, 0.25) is 0 Å². The van der Waals surface area contributed by atoms with Crippen LogP contribution < -0.4 is 0 Å². The third-order valence-corrected chi connectivity index (χ3v) is 9.52. The predicted molar refractivity (Wildman–Crippen MR) is 154 cm³/mol. The van der Waals surface area contributed by atoms with Gasteiger partial charge in [-0.15, -0.1) is 4.40 Å². The Kier molecular flexibility index (Phi) is 8.50. The number of halogens is 1. The normalized spacial score (nSPS) is 12.3. The van der Waals surface area contributed by atoms with E-state index in [0.717, 1.165) is 19.9 Å². The third-order valence-electron chi connectivity index (χ3n) is 5.89. The van der Waals surface area contributed by atoms with E-state index in [9.17, 15) is 16.8 Å². The summed E-state index contributed by atoms with van der Waals surface area (Å²) in [7, 11) is -8.39. The van der Waals surface area contributed by atoms with Gasteiger partial charge in [0.25, 0.3) is 20.0 Å². The van der Waals surface area contributed by atoms with Crippen LogP contribution in [0.25, 0.3) is 0 Å². The van der Waals surface area contributed by atoms with E-state index in [1.54, 1.807) is 60.7 Å². The summed E-state index contributed by atoms with van der Waals surface area (Å²) in [5, 5.41) is 0. The molecule has 0 aliphatic carbocycles. The summed E-state index contributed by atoms with van der Waals surface area (Å²) in [6.45, 7) is 3.64. The number of benzene rings is 4. The van der Waals surface area contributed by atoms with Crippen molar-refractivity contribution in [2.24, 2.45) is 4.40 Å². The highest BCUT2D eigenvalue weighted by molar-refractivity contribution is 9.10. The summed E-state index contributed by atoms with van der Waals surface area (Å²) in [6.07, 6.45) is -0.0176. The Labute approximate surface area is 232 Å². The first-order valence-corrected chi connectivity index (χ1v) is 15.5. The van der Waals surface area contributed by atoms with Crippen molar-refractivity contribution >= 4 is 41.8 Å². The summed E-state index contributed by atoms with van der Waals surface area (Å²) < 4.78 is 61.1. The molecule has 4 aromatic carbocycles. The van der Waals surface area contributed by atoms with Gasteiger partial charge in [-0.3, -0.25) is 0 Å². The molecule has 0 bridgehead atoms. The standard InChI is InChI=1S/C29H27BrN2O4S2/c1-22-8-16-27(17-9-22)37(33,34)31-29(20-24-12-14-26(30)15-13-24)32(21-25-6-4-3-5-7-25)38(35,36)28-18-10-23(2)11-19-28/h3-19H,20-21H2,1-2H3/b31-29+. The molecule has 0 aliphatic heterocycles. The maximum atomic E-state index is 14.0. The summed E-state index contributed by atoms with van der Waals surface area (Å²) in [5.41, 5.74) is 3.21. The SMILES string of the molecule is Cc1ccc(S(=O)(=O)/N=C(\Cc2ccc(Br)cc2)N(Cc2ccccc2)S(=O)(=O)c2ccc(C)cc2)cc1. The van der Waals surface area contributed by atoms with Crippen LogP contribution in [0.1, 0.15) is 22.3 Å². The zero-order valence-electron chi connectivity index (χ0n) is 21.0. The number of hydrogen-bond donors (Lipinski definition) is 0. The lowest BCUT2D eigenvalue weighted by atomic mass is 10.1. The Bertz CT molecular complexity index is 1630. The largest absolute Gasteiger partial charge is 0.283 e. The van der Waals surface area contributed by atoms with E-state index < -0.39 is 20.0 Å². The Morgan fingerprint density at radius 2 is 1.21 bits per heavy atom. The van der Waals surface area contributed by atoms with Crippen molar-refractivity contribution < 1.29 is 16.8 Å². The van der Waals surface area contributed by atoms with Gasteiger partial charge in [-0.25, -0.2) is 12.7 Å². The van der Waals surface area contributed by atoms with Crippen LogP contribution in [-0.4, -0.2) is 27.0 Å². The molecule has 0 heterocycles. The second-order valence-corrected chi connectivity index (χ2v) is 13.3. The molecular weight excluding hydrogens is 584 g/mol. The van der Waals surface area contributed by atoms with Crippen molar-refractivity contribution in [2.45, 2.75) is 36.6 Å². The molecular formula is C29H27BrN2O4S2. The first-order chi connectivity index (χ1) is 18.0. The molecule has 0 aliphatic rings. The first-order valence-electron chi connectivity index (χ1n) is 11.8. The van der Waals surface area contributed by atoms with Crippen molar-refractivity contribution in [1.29, 1.82) is 0 Å². The van der Waals surface area contributed by atoms with Crippen molar-refractivity contribution in [3.05, 3.63) is 130 Å². The van der Waals surface area contributed by atoms with E-state index in [4.69, 9.17) is 0 Å². The lowest BCUT2D eigenvalue weighted by Crippen LogP contribution is -2.38. The van der Waals surface area contributed by atoms with Gasteiger partial charge in [-0.1, -0.05) is 93.8 Å². The zero-order chi connectivity index (χ0) is 27.3. The summed E-state index contributed by atoms with van der Waals surface area (Å²) in [5.74, 6) is -0.0997. The van der Waals surface area contributed by atoms with Gasteiger partial charge < -0.3 is 0 Å². The number of rotatable bonds is 8. The lowest BCUT2D eigenvalue weighted by Gasteiger charge is -2.26. The van der Waals surface area contributed by atoms with E-state index in [1.807, 2.05) is 32.0 Å². The number of aryl methyl sites for hydroxylation is 2. The van der Waals surface area contributed by atoms with E-state index in [1.165, 1.54) is 24.3 Å². The molecule has 4 aromatic rings. The second kappa shape index (κ2) is 11.6. The molecule has 0 unspecified atom stereocenters. The van der Waals surface area contributed by atoms with Crippen molar-refractivity contribution in [1.82, 2.24) is 4.31 Å². The molecule has 38 heavy (non-hydrogen) atoms. The minimum absolute atomic E-state index is 0.0104. The number of sulfonamides is 2. The smallest absolute Gasteiger partial charge is 0.248 e. The zero-order valence-corrected chi connectivity index (χ0v) is 24.2. The lowest BCUT2D eigenvalue weighted by molar-refractivity contribution is 0.515. The topological polar surface area (TPSA) is 83.9 Å². The third kappa shape index (κ3) is 6.78. The van der Waals surface area contributed by atoms with Gasteiger partial charge in [-0.2, -0.15) is 8.42 Å². The molecule has 6 nitrogen and oxygen atoms in total. The van der Waals surface area contributed by atoms with Crippen LogP contribution in [0, 0.1) is 13.8 Å². The fraction of sp³-hybridized carbons (Fsp3) is 0.138. The molecule has 0 amide bonds. The molecule has 9 heteroatoms. The highest BCUT2D eigenvalue weighted by Gasteiger charge is 2.30. The van der Waals surface area contributed by atoms with E-state index in [-0.39, 0.29) is 28.6 Å². The first kappa shape index (κ1) is 27.8. The number of hydrogen-bond acceptors (Lipinski definition) is 4. The van der Waals surface area contributed by atoms with Gasteiger partial charge in [-0.05, 0) is 61.4 Å². The van der Waals surface area contributed by atoms with Crippen molar-refractivity contribution in [2.75, 3.05) is 0 Å². The molecule has 0 saturated carbocycles. The monoisotopic (exact) mass is 610 g/mol. The maximum Gasteiger partial charge on any atom is 0.283 e. The second-order valence-electron chi connectivity index (χ2n) is 8.91. The summed E-state index contributed by atoms with van der Waals surface area (Å²) in [6, 6.07) is 29.1. The fourth-order valence-corrected chi connectivity index (χ4v) is 6.53. The molecule has 0 saturated heterocycles. The van der Waals surface area contributed by atoms with Gasteiger partial charge in [0.05, 0.1) is 16.3 Å². The average Bonchev–Trinajstić information content (AvgIpc) is 2.89. The molecule has 0 atom stereocenters. The molecule has 0 aromatic heterocycles. The molecule has 196 valence electrons. The maximum absolute atomic E-state index is 14.0. The highest BCUT2D eigenvalue weighted by Crippen LogP contribution is 2.24. The number of amidine groups is 1. The van der Waals surface area contributed by atoms with Gasteiger partial charge in [0.15, 0.2) is 0 Å². The van der Waals surface area contributed by atoms with Crippen LogP contribution in [0.3, 0.4) is 0 Å². The molecule has 0 radical (unpaired) electrons. The molecule has 0 fully saturated rings. The van der Waals surface area contributed by atoms with Crippen LogP contribution in [-0.2, 0) is 33.0 Å². The van der Waals surface area contributed by atoms with Gasteiger partial charge >= 0.3 is 0 Å². The molecule has 0 spiro atoms.